The summed E-state index contributed by atoms with van der Waals surface area (Å²) in [6, 6.07) is 14.1. The van der Waals surface area contributed by atoms with Crippen molar-refractivity contribution in [2.45, 2.75) is 13.0 Å². The van der Waals surface area contributed by atoms with Crippen LogP contribution >= 0.6 is 0 Å². The normalized spacial score (nSPS) is 14.9. The van der Waals surface area contributed by atoms with Crippen molar-refractivity contribution in [3.63, 3.8) is 0 Å². The molecule has 0 saturated carbocycles. The van der Waals surface area contributed by atoms with Crippen LogP contribution in [0.3, 0.4) is 0 Å². The summed E-state index contributed by atoms with van der Waals surface area (Å²) < 4.78 is 9.49. The van der Waals surface area contributed by atoms with Crippen molar-refractivity contribution < 1.29 is 9.53 Å². The third-order valence-corrected chi connectivity index (χ3v) is 6.79. The summed E-state index contributed by atoms with van der Waals surface area (Å²) in [5, 5.41) is 9.89. The number of carbonyl (C=O) groups excluding carboxylic acids is 1. The van der Waals surface area contributed by atoms with E-state index in [0.29, 0.717) is 13.1 Å². The number of hydrogen-bond donors (Lipinski definition) is 0. The minimum Gasteiger partial charge on any atom is -0.442 e. The molecule has 0 radical (unpaired) electrons. The zero-order valence-electron chi connectivity index (χ0n) is 20.3. The van der Waals surface area contributed by atoms with E-state index in [-0.39, 0.29) is 12.2 Å². The Morgan fingerprint density at radius 2 is 1.83 bits per heavy atom. The van der Waals surface area contributed by atoms with E-state index in [4.69, 9.17) is 4.74 Å². The highest BCUT2D eigenvalue weighted by Crippen LogP contribution is 2.27. The molecule has 1 unspecified atom stereocenters. The predicted molar refractivity (Wildman–Crippen MR) is 138 cm³/mol. The van der Waals surface area contributed by atoms with E-state index in [2.05, 4.69) is 32.2 Å². The number of hydrogen-bond acceptors (Lipinski definition) is 6. The molecule has 1 fully saturated rings. The van der Waals surface area contributed by atoms with Crippen molar-refractivity contribution in [3.05, 3.63) is 79.0 Å². The van der Waals surface area contributed by atoms with Crippen LogP contribution < -0.4 is 4.90 Å². The zero-order valence-corrected chi connectivity index (χ0v) is 20.3. The van der Waals surface area contributed by atoms with Crippen molar-refractivity contribution in [2.75, 3.05) is 31.1 Å². The van der Waals surface area contributed by atoms with Crippen molar-refractivity contribution in [2.24, 2.45) is 7.05 Å². The number of anilines is 1. The van der Waals surface area contributed by atoms with Gasteiger partial charge >= 0.3 is 6.09 Å². The Kier molecular flexibility index (Phi) is 5.52. The minimum atomic E-state index is -0.351. The summed E-state index contributed by atoms with van der Waals surface area (Å²) in [6.45, 7) is 4.52. The van der Waals surface area contributed by atoms with Crippen molar-refractivity contribution in [1.29, 1.82) is 0 Å². The summed E-state index contributed by atoms with van der Waals surface area (Å²) in [4.78, 5) is 21.3. The average Bonchev–Trinajstić information content (AvgIpc) is 3.54. The Balaban J connectivity index is 1.10. The molecule has 0 N–H and O–H groups in total. The van der Waals surface area contributed by atoms with E-state index in [1.54, 1.807) is 15.8 Å². The Bertz CT molecular complexity index is 1550. The SMILES string of the molecule is CC(OC(=O)N1CCN(c2cnn3cc(-c4cnn(C)c4)ccc23)CC1)c1ccc2cccnc2c1. The lowest BCUT2D eigenvalue weighted by Crippen LogP contribution is -2.49. The molecule has 1 aliphatic heterocycles. The van der Waals surface area contributed by atoms with Gasteiger partial charge in [-0.2, -0.15) is 10.2 Å². The molecule has 1 saturated heterocycles. The van der Waals surface area contributed by atoms with E-state index in [0.717, 1.165) is 51.9 Å². The van der Waals surface area contributed by atoms with E-state index >= 15 is 0 Å². The zero-order chi connectivity index (χ0) is 24.6. The van der Waals surface area contributed by atoms with Gasteiger partial charge in [-0.15, -0.1) is 0 Å². The molecule has 0 bridgehead atoms. The van der Waals surface area contributed by atoms with Crippen LogP contribution in [-0.4, -0.2) is 61.6 Å². The van der Waals surface area contributed by atoms with Crippen LogP contribution in [0.4, 0.5) is 10.5 Å². The molecule has 4 aromatic heterocycles. The van der Waals surface area contributed by atoms with E-state index in [9.17, 15) is 4.79 Å². The quantitative estimate of drug-likeness (QED) is 0.381. The maximum atomic E-state index is 12.9. The number of ether oxygens (including phenoxy) is 1. The molecule has 9 nitrogen and oxygen atoms in total. The molecule has 0 spiro atoms. The van der Waals surface area contributed by atoms with E-state index in [1.165, 1.54) is 0 Å². The number of carbonyl (C=O) groups is 1. The van der Waals surface area contributed by atoms with E-state index in [1.807, 2.05) is 73.6 Å². The molecular formula is C27H27N7O2. The monoisotopic (exact) mass is 481 g/mol. The first-order valence-corrected chi connectivity index (χ1v) is 12.1. The summed E-state index contributed by atoms with van der Waals surface area (Å²) in [7, 11) is 1.91. The number of fused-ring (bicyclic) bond motifs is 2. The fraction of sp³-hybridized carbons (Fsp3) is 0.259. The lowest BCUT2D eigenvalue weighted by Gasteiger charge is -2.35. The van der Waals surface area contributed by atoms with Crippen LogP contribution in [0.1, 0.15) is 18.6 Å². The van der Waals surface area contributed by atoms with Crippen molar-refractivity contribution in [1.82, 2.24) is 29.3 Å². The second kappa shape index (κ2) is 8.99. The Morgan fingerprint density at radius 1 is 0.972 bits per heavy atom. The van der Waals surface area contributed by atoms with Gasteiger partial charge in [0.1, 0.15) is 6.10 Å². The number of pyridine rings is 2. The largest absolute Gasteiger partial charge is 0.442 e. The number of amides is 1. The molecule has 0 aliphatic carbocycles. The highest BCUT2D eigenvalue weighted by molar-refractivity contribution is 5.79. The molecular weight excluding hydrogens is 454 g/mol. The number of benzene rings is 1. The maximum absolute atomic E-state index is 12.9. The number of aryl methyl sites for hydroxylation is 1. The van der Waals surface area contributed by atoms with Gasteiger partial charge in [-0.3, -0.25) is 9.67 Å². The average molecular weight is 482 g/mol. The number of piperazine rings is 1. The summed E-state index contributed by atoms with van der Waals surface area (Å²) >= 11 is 0. The molecule has 9 heteroatoms. The first kappa shape index (κ1) is 22.1. The summed E-state index contributed by atoms with van der Waals surface area (Å²) in [5.74, 6) is 0. The predicted octanol–water partition coefficient (Wildman–Crippen LogP) is 4.30. The Labute approximate surface area is 208 Å². The summed E-state index contributed by atoms with van der Waals surface area (Å²) in [5.41, 5.74) is 6.06. The minimum absolute atomic E-state index is 0.288. The fourth-order valence-electron chi connectivity index (χ4n) is 4.72. The van der Waals surface area contributed by atoms with Gasteiger partial charge in [0.05, 0.1) is 29.1 Å². The topological polar surface area (TPSA) is 80.8 Å². The molecule has 182 valence electrons. The second-order valence-corrected chi connectivity index (χ2v) is 9.14. The van der Waals surface area contributed by atoms with Crippen LogP contribution in [0.15, 0.2) is 73.4 Å². The van der Waals surface area contributed by atoms with Gasteiger partial charge in [0.2, 0.25) is 0 Å². The molecule has 6 rings (SSSR count). The first-order valence-electron chi connectivity index (χ1n) is 12.1. The third kappa shape index (κ3) is 4.13. The second-order valence-electron chi connectivity index (χ2n) is 9.14. The van der Waals surface area contributed by atoms with Crippen LogP contribution in [-0.2, 0) is 11.8 Å². The molecule has 1 amide bonds. The van der Waals surface area contributed by atoms with Crippen LogP contribution in [0.25, 0.3) is 27.5 Å². The maximum Gasteiger partial charge on any atom is 0.410 e. The van der Waals surface area contributed by atoms with Crippen LogP contribution in [0.5, 0.6) is 0 Å². The highest BCUT2D eigenvalue weighted by atomic mass is 16.6. The van der Waals surface area contributed by atoms with Gasteiger partial charge < -0.3 is 14.5 Å². The van der Waals surface area contributed by atoms with Crippen molar-refractivity contribution >= 4 is 28.2 Å². The van der Waals surface area contributed by atoms with Crippen LogP contribution in [0.2, 0.25) is 0 Å². The molecule has 1 aliphatic rings. The lowest BCUT2D eigenvalue weighted by atomic mass is 10.1. The molecule has 1 aromatic carbocycles. The van der Waals surface area contributed by atoms with Gasteiger partial charge in [0, 0.05) is 68.3 Å². The number of rotatable bonds is 4. The van der Waals surface area contributed by atoms with Gasteiger partial charge in [-0.25, -0.2) is 9.31 Å². The molecule has 5 aromatic rings. The Morgan fingerprint density at radius 3 is 2.64 bits per heavy atom. The van der Waals surface area contributed by atoms with Crippen molar-refractivity contribution in [3.8, 4) is 11.1 Å². The summed E-state index contributed by atoms with van der Waals surface area (Å²) in [6.07, 6.45) is 8.88. The van der Waals surface area contributed by atoms with Gasteiger partial charge in [0.25, 0.3) is 0 Å². The fourth-order valence-corrected chi connectivity index (χ4v) is 4.72. The molecule has 36 heavy (non-hydrogen) atoms. The molecule has 1 atom stereocenters. The Hall–Kier alpha value is -4.40. The van der Waals surface area contributed by atoms with Gasteiger partial charge in [-0.05, 0) is 30.7 Å². The first-order chi connectivity index (χ1) is 17.5. The third-order valence-electron chi connectivity index (χ3n) is 6.79. The number of aromatic nitrogens is 5. The smallest absolute Gasteiger partial charge is 0.410 e. The van der Waals surface area contributed by atoms with Gasteiger partial charge in [-0.1, -0.05) is 24.3 Å². The standard InChI is InChI=1S/C27H27N7O2/c1-19(21-6-5-20-4-3-9-28-24(20)14-21)36-27(35)33-12-10-32(11-13-33)26-16-30-34-18-22(7-8-25(26)34)23-15-29-31(2)17-23/h3-9,14-19H,10-13H2,1-2H3. The molecule has 5 heterocycles. The highest BCUT2D eigenvalue weighted by Gasteiger charge is 2.25. The van der Waals surface area contributed by atoms with Gasteiger partial charge in [0.15, 0.2) is 0 Å². The lowest BCUT2D eigenvalue weighted by molar-refractivity contribution is 0.0681. The van der Waals surface area contributed by atoms with Crippen LogP contribution in [0, 0.1) is 0 Å². The van der Waals surface area contributed by atoms with E-state index < -0.39 is 0 Å². The number of nitrogens with zero attached hydrogens (tertiary/aromatic N) is 7.